The lowest BCUT2D eigenvalue weighted by Gasteiger charge is -2.23. The molecule has 0 aliphatic carbocycles. The molecule has 2 amide bonds. The second-order valence-corrected chi connectivity index (χ2v) is 7.71. The summed E-state index contributed by atoms with van der Waals surface area (Å²) in [6.07, 6.45) is 0. The number of hydrogen-bond acceptors (Lipinski definition) is 5. The first-order valence-corrected chi connectivity index (χ1v) is 10.2. The first kappa shape index (κ1) is 18.4. The van der Waals surface area contributed by atoms with E-state index in [9.17, 15) is 9.59 Å². The number of carbonyl (C=O) groups excluding carboxylic acids is 2. The van der Waals surface area contributed by atoms with Crippen molar-refractivity contribution in [1.29, 1.82) is 5.26 Å². The number of nitriles is 1. The zero-order valence-corrected chi connectivity index (χ0v) is 15.6. The first-order chi connectivity index (χ1) is 12.7. The average molecular weight is 383 g/mol. The van der Waals surface area contributed by atoms with Gasteiger partial charge in [0.25, 0.3) is 0 Å². The minimum atomic E-state index is -0.473. The molecule has 1 unspecified atom stereocenters. The molecule has 0 bridgehead atoms. The molecule has 1 aliphatic rings. The van der Waals surface area contributed by atoms with E-state index in [0.717, 1.165) is 4.90 Å². The Morgan fingerprint density at radius 1 is 1.19 bits per heavy atom. The molecule has 1 atom stereocenters. The molecule has 0 radical (unpaired) electrons. The Morgan fingerprint density at radius 2 is 1.92 bits per heavy atom. The van der Waals surface area contributed by atoms with Gasteiger partial charge in [0.1, 0.15) is 6.04 Å². The Labute approximate surface area is 160 Å². The second-order valence-electron chi connectivity index (χ2n) is 5.66. The zero-order chi connectivity index (χ0) is 18.4. The number of anilines is 1. The Hall–Kier alpha value is -2.43. The first-order valence-electron chi connectivity index (χ1n) is 8.03. The molecule has 0 saturated carbocycles. The third-order valence-electron chi connectivity index (χ3n) is 3.89. The quantitative estimate of drug-likeness (QED) is 0.803. The SMILES string of the molecule is N#Cc1ccc(NC(=O)C2CSCN2C(=O)CSc2ccccc2)cc1. The summed E-state index contributed by atoms with van der Waals surface area (Å²) in [7, 11) is 0. The molecule has 1 saturated heterocycles. The highest BCUT2D eigenvalue weighted by Gasteiger charge is 2.34. The molecule has 2 aromatic rings. The Balaban J connectivity index is 1.58. The van der Waals surface area contributed by atoms with E-state index in [0.29, 0.717) is 28.6 Å². The van der Waals surface area contributed by atoms with Gasteiger partial charge >= 0.3 is 0 Å². The van der Waals surface area contributed by atoms with Crippen LogP contribution in [0, 0.1) is 11.3 Å². The highest BCUT2D eigenvalue weighted by molar-refractivity contribution is 8.00. The van der Waals surface area contributed by atoms with Crippen molar-refractivity contribution in [2.24, 2.45) is 0 Å². The number of carbonyl (C=O) groups is 2. The molecular weight excluding hydrogens is 366 g/mol. The molecule has 0 aromatic heterocycles. The van der Waals surface area contributed by atoms with Gasteiger partial charge in [-0.3, -0.25) is 9.59 Å². The summed E-state index contributed by atoms with van der Waals surface area (Å²) >= 11 is 3.05. The van der Waals surface area contributed by atoms with Crippen molar-refractivity contribution in [1.82, 2.24) is 4.90 Å². The van der Waals surface area contributed by atoms with Crippen molar-refractivity contribution in [2.45, 2.75) is 10.9 Å². The van der Waals surface area contributed by atoms with E-state index in [-0.39, 0.29) is 11.8 Å². The number of amides is 2. The standard InChI is InChI=1S/C19H17N3O2S2/c20-10-14-6-8-15(9-7-14)21-19(24)17-11-25-13-22(17)18(23)12-26-16-4-2-1-3-5-16/h1-9,17H,11-13H2,(H,21,24). The van der Waals surface area contributed by atoms with Crippen LogP contribution < -0.4 is 5.32 Å². The van der Waals surface area contributed by atoms with Gasteiger partial charge in [0.05, 0.1) is 23.3 Å². The van der Waals surface area contributed by atoms with Crippen molar-refractivity contribution in [2.75, 3.05) is 22.7 Å². The molecule has 1 aliphatic heterocycles. The zero-order valence-electron chi connectivity index (χ0n) is 13.9. The number of thioether (sulfide) groups is 2. The number of nitrogens with one attached hydrogen (secondary N) is 1. The highest BCUT2D eigenvalue weighted by atomic mass is 32.2. The average Bonchev–Trinajstić information content (AvgIpc) is 3.17. The van der Waals surface area contributed by atoms with Crippen LogP contribution in [0.1, 0.15) is 5.56 Å². The number of benzene rings is 2. The lowest BCUT2D eigenvalue weighted by molar-refractivity contribution is -0.134. The van der Waals surface area contributed by atoms with Gasteiger partial charge in [-0.25, -0.2) is 0 Å². The van der Waals surface area contributed by atoms with Crippen LogP contribution in [0.3, 0.4) is 0 Å². The van der Waals surface area contributed by atoms with Crippen LogP contribution in [-0.4, -0.2) is 40.1 Å². The molecule has 1 N–H and O–H groups in total. The normalized spacial score (nSPS) is 16.1. The molecule has 132 valence electrons. The maximum atomic E-state index is 12.6. The monoisotopic (exact) mass is 383 g/mol. The molecule has 26 heavy (non-hydrogen) atoms. The van der Waals surface area contributed by atoms with E-state index in [1.54, 1.807) is 40.9 Å². The van der Waals surface area contributed by atoms with E-state index in [4.69, 9.17) is 5.26 Å². The van der Waals surface area contributed by atoms with Crippen LogP contribution >= 0.6 is 23.5 Å². The Bertz CT molecular complexity index is 819. The van der Waals surface area contributed by atoms with Crippen LogP contribution in [-0.2, 0) is 9.59 Å². The van der Waals surface area contributed by atoms with Crippen LogP contribution in [0.5, 0.6) is 0 Å². The van der Waals surface area contributed by atoms with Crippen molar-refractivity contribution in [3.8, 4) is 6.07 Å². The van der Waals surface area contributed by atoms with Gasteiger partial charge in [0, 0.05) is 16.3 Å². The van der Waals surface area contributed by atoms with Crippen molar-refractivity contribution in [3.63, 3.8) is 0 Å². The molecule has 5 nitrogen and oxygen atoms in total. The van der Waals surface area contributed by atoms with Gasteiger partial charge in [0.2, 0.25) is 11.8 Å². The lowest BCUT2D eigenvalue weighted by atomic mass is 10.2. The Kier molecular flexibility index (Phi) is 6.21. The summed E-state index contributed by atoms with van der Waals surface area (Å²) in [5, 5.41) is 11.7. The van der Waals surface area contributed by atoms with Crippen LogP contribution in [0.25, 0.3) is 0 Å². The van der Waals surface area contributed by atoms with Crippen LogP contribution in [0.15, 0.2) is 59.5 Å². The van der Waals surface area contributed by atoms with Gasteiger partial charge in [-0.05, 0) is 36.4 Å². The fourth-order valence-corrected chi connectivity index (χ4v) is 4.49. The molecule has 3 rings (SSSR count). The lowest BCUT2D eigenvalue weighted by Crippen LogP contribution is -2.45. The summed E-state index contributed by atoms with van der Waals surface area (Å²) in [6, 6.07) is 18.0. The summed E-state index contributed by atoms with van der Waals surface area (Å²) in [5.74, 6) is 1.19. The number of hydrogen-bond donors (Lipinski definition) is 1. The van der Waals surface area contributed by atoms with Crippen LogP contribution in [0.2, 0.25) is 0 Å². The molecule has 2 aromatic carbocycles. The smallest absolute Gasteiger partial charge is 0.248 e. The minimum absolute atomic E-state index is 0.0381. The predicted molar refractivity (Wildman–Crippen MR) is 105 cm³/mol. The second kappa shape index (κ2) is 8.79. The molecule has 0 spiro atoms. The molecule has 1 heterocycles. The maximum Gasteiger partial charge on any atom is 0.248 e. The number of rotatable bonds is 5. The third kappa shape index (κ3) is 4.59. The van der Waals surface area contributed by atoms with E-state index in [1.807, 2.05) is 36.4 Å². The molecular formula is C19H17N3O2S2. The van der Waals surface area contributed by atoms with Crippen molar-refractivity contribution < 1.29 is 9.59 Å². The predicted octanol–water partition coefficient (Wildman–Crippen LogP) is 3.19. The number of nitrogens with zero attached hydrogens (tertiary/aromatic N) is 2. The summed E-state index contributed by atoms with van der Waals surface area (Å²) < 4.78 is 0. The largest absolute Gasteiger partial charge is 0.324 e. The third-order valence-corrected chi connectivity index (χ3v) is 5.90. The van der Waals surface area contributed by atoms with Gasteiger partial charge < -0.3 is 10.2 Å². The summed E-state index contributed by atoms with van der Waals surface area (Å²) in [4.78, 5) is 27.8. The van der Waals surface area contributed by atoms with Gasteiger partial charge in [-0.2, -0.15) is 5.26 Å². The van der Waals surface area contributed by atoms with E-state index in [1.165, 1.54) is 11.8 Å². The summed E-state index contributed by atoms with van der Waals surface area (Å²) in [6.45, 7) is 0. The fourth-order valence-electron chi connectivity index (χ4n) is 2.50. The van der Waals surface area contributed by atoms with E-state index in [2.05, 4.69) is 5.32 Å². The van der Waals surface area contributed by atoms with E-state index >= 15 is 0 Å². The summed E-state index contributed by atoms with van der Waals surface area (Å²) in [5.41, 5.74) is 1.16. The molecule has 7 heteroatoms. The van der Waals surface area contributed by atoms with E-state index < -0.39 is 6.04 Å². The van der Waals surface area contributed by atoms with Crippen LogP contribution in [0.4, 0.5) is 5.69 Å². The van der Waals surface area contributed by atoms with Crippen molar-refractivity contribution in [3.05, 3.63) is 60.2 Å². The minimum Gasteiger partial charge on any atom is -0.324 e. The molecule has 1 fully saturated rings. The van der Waals surface area contributed by atoms with Gasteiger partial charge in [0.15, 0.2) is 0 Å². The van der Waals surface area contributed by atoms with Gasteiger partial charge in [-0.1, -0.05) is 18.2 Å². The topological polar surface area (TPSA) is 73.2 Å². The Morgan fingerprint density at radius 3 is 2.62 bits per heavy atom. The maximum absolute atomic E-state index is 12.6. The fraction of sp³-hybridized carbons (Fsp3) is 0.211. The highest BCUT2D eigenvalue weighted by Crippen LogP contribution is 2.25. The van der Waals surface area contributed by atoms with Gasteiger partial charge in [-0.15, -0.1) is 23.5 Å². The van der Waals surface area contributed by atoms with Crippen molar-refractivity contribution >= 4 is 41.0 Å².